The molecule has 10 atom stereocenters. The van der Waals surface area contributed by atoms with Crippen molar-refractivity contribution in [3.05, 3.63) is 11.6 Å². The molecule has 2 N–H and O–H groups in total. The number of allylic oxidation sites excluding steroid dienone is 1. The first-order valence-corrected chi connectivity index (χ1v) is 15.3. The summed E-state index contributed by atoms with van der Waals surface area (Å²) in [4.78, 5) is 2.33. The lowest BCUT2D eigenvalue weighted by molar-refractivity contribution is -0.0726. The lowest BCUT2D eigenvalue weighted by Crippen LogP contribution is -2.62. The van der Waals surface area contributed by atoms with E-state index >= 15 is 0 Å². The number of hydrogen-bond acceptors (Lipinski definition) is 3. The van der Waals surface area contributed by atoms with Crippen LogP contribution in [0.5, 0.6) is 0 Å². The van der Waals surface area contributed by atoms with E-state index < -0.39 is 0 Å². The summed E-state index contributed by atoms with van der Waals surface area (Å²) in [5.74, 6) is 5.10. The number of aliphatic hydroxyl groups excluding tert-OH is 1. The van der Waals surface area contributed by atoms with Crippen molar-refractivity contribution in [1.82, 2.24) is 10.2 Å². The summed E-state index contributed by atoms with van der Waals surface area (Å²) in [5.41, 5.74) is 2.30. The molecule has 3 nitrogen and oxygen atoms in total. The van der Waals surface area contributed by atoms with E-state index in [1.165, 1.54) is 51.4 Å². The highest BCUT2D eigenvalue weighted by molar-refractivity contribution is 5.29. The van der Waals surface area contributed by atoms with Gasteiger partial charge in [-0.2, -0.15) is 0 Å². The minimum Gasteiger partial charge on any atom is -0.393 e. The number of nitrogens with zero attached hydrogens (tertiary/aromatic N) is 1. The third-order valence-electron chi connectivity index (χ3n) is 11.8. The van der Waals surface area contributed by atoms with Crippen molar-refractivity contribution in [2.75, 3.05) is 14.1 Å². The van der Waals surface area contributed by atoms with E-state index in [0.717, 1.165) is 54.8 Å². The quantitative estimate of drug-likeness (QED) is 0.266. The molecule has 0 aromatic carbocycles. The zero-order valence-electron chi connectivity index (χ0n) is 24.4. The lowest BCUT2D eigenvalue weighted by atomic mass is 9.46. The van der Waals surface area contributed by atoms with Gasteiger partial charge < -0.3 is 5.11 Å². The average molecular weight is 487 g/mol. The average Bonchev–Trinajstić information content (AvgIpc) is 3.14. The fourth-order valence-electron chi connectivity index (χ4n) is 9.87. The lowest BCUT2D eigenvalue weighted by Gasteiger charge is -2.61. The molecule has 0 aromatic rings. The predicted octanol–water partition coefficient (Wildman–Crippen LogP) is 7.25. The maximum absolute atomic E-state index is 10.9. The Balaban J connectivity index is 1.55. The molecule has 35 heavy (non-hydrogen) atoms. The molecule has 4 rings (SSSR count). The Hall–Kier alpha value is -0.380. The van der Waals surface area contributed by atoms with Crippen molar-refractivity contribution in [3.63, 3.8) is 0 Å². The van der Waals surface area contributed by atoms with Crippen LogP contribution < -0.4 is 5.32 Å². The molecule has 0 aromatic heterocycles. The van der Waals surface area contributed by atoms with Gasteiger partial charge in [0.1, 0.15) is 0 Å². The molecule has 0 spiro atoms. The van der Waals surface area contributed by atoms with Crippen LogP contribution in [0.4, 0.5) is 0 Å². The van der Waals surface area contributed by atoms with Crippen LogP contribution >= 0.6 is 0 Å². The summed E-state index contributed by atoms with van der Waals surface area (Å²) in [6.45, 7) is 14.9. The van der Waals surface area contributed by atoms with E-state index in [1.54, 1.807) is 5.57 Å². The van der Waals surface area contributed by atoms with E-state index in [4.69, 9.17) is 0 Å². The van der Waals surface area contributed by atoms with E-state index in [9.17, 15) is 5.11 Å². The van der Waals surface area contributed by atoms with Gasteiger partial charge in [-0.1, -0.05) is 72.5 Å². The third kappa shape index (κ3) is 5.05. The van der Waals surface area contributed by atoms with Gasteiger partial charge in [0.25, 0.3) is 0 Å². The summed E-state index contributed by atoms with van der Waals surface area (Å²) >= 11 is 0. The van der Waals surface area contributed by atoms with E-state index in [-0.39, 0.29) is 11.5 Å². The molecule has 3 saturated carbocycles. The van der Waals surface area contributed by atoms with Crippen molar-refractivity contribution in [3.8, 4) is 0 Å². The topological polar surface area (TPSA) is 35.5 Å². The van der Waals surface area contributed by atoms with Gasteiger partial charge in [-0.15, -0.1) is 0 Å². The zero-order valence-corrected chi connectivity index (χ0v) is 24.4. The molecule has 0 aliphatic heterocycles. The second-order valence-electron chi connectivity index (χ2n) is 14.4. The molecule has 0 saturated heterocycles. The first kappa shape index (κ1) is 27.6. The van der Waals surface area contributed by atoms with Crippen molar-refractivity contribution in [2.45, 2.75) is 130 Å². The summed E-state index contributed by atoms with van der Waals surface area (Å²) in [6.07, 6.45) is 16.9. The van der Waals surface area contributed by atoms with Gasteiger partial charge >= 0.3 is 0 Å². The van der Waals surface area contributed by atoms with Gasteiger partial charge in [0.2, 0.25) is 0 Å². The van der Waals surface area contributed by atoms with Crippen LogP contribution in [0, 0.1) is 46.3 Å². The Morgan fingerprint density at radius 2 is 1.83 bits per heavy atom. The van der Waals surface area contributed by atoms with Crippen LogP contribution in [0.15, 0.2) is 11.6 Å². The zero-order chi connectivity index (χ0) is 25.5. The van der Waals surface area contributed by atoms with Gasteiger partial charge in [-0.25, -0.2) is 0 Å². The molecule has 3 heteroatoms. The smallest absolute Gasteiger partial charge is 0.0592 e. The Morgan fingerprint density at radius 1 is 1.09 bits per heavy atom. The van der Waals surface area contributed by atoms with Crippen LogP contribution in [0.3, 0.4) is 0 Å². The Bertz CT molecular complexity index is 746. The SMILES string of the molecule is CCC(NC1C[C@H](O)CC2=CC[C@H]3[C@@H]4CC[C@H]([C@H](C)CCCC(C)C)[C@@]4(C)CC[C@@H]3[C@]21C)N(C)C. The van der Waals surface area contributed by atoms with Crippen molar-refractivity contribution < 1.29 is 5.11 Å². The largest absolute Gasteiger partial charge is 0.393 e. The normalized spacial score (nSPS) is 42.9. The van der Waals surface area contributed by atoms with Crippen LogP contribution in [0.25, 0.3) is 0 Å². The Morgan fingerprint density at radius 3 is 2.49 bits per heavy atom. The molecule has 2 unspecified atom stereocenters. The van der Waals surface area contributed by atoms with Crippen LogP contribution in [0.2, 0.25) is 0 Å². The molecule has 0 amide bonds. The van der Waals surface area contributed by atoms with Gasteiger partial charge in [0.05, 0.1) is 12.3 Å². The number of fused-ring (bicyclic) bond motifs is 5. The number of nitrogens with one attached hydrogen (secondary N) is 1. The highest BCUT2D eigenvalue weighted by Gasteiger charge is 2.61. The molecule has 4 aliphatic rings. The van der Waals surface area contributed by atoms with Gasteiger partial charge in [0.15, 0.2) is 0 Å². The second kappa shape index (κ2) is 10.8. The van der Waals surface area contributed by atoms with Crippen LogP contribution in [0.1, 0.15) is 112 Å². The van der Waals surface area contributed by atoms with E-state index in [2.05, 4.69) is 71.9 Å². The Labute approximate surface area is 217 Å². The van der Waals surface area contributed by atoms with E-state index in [1.807, 2.05) is 0 Å². The standard InChI is InChI=1S/C32H58N2O/c1-9-30(34(7)8)33-29-20-24(35)19-23-13-14-25-27-16-15-26(22(4)12-10-11-21(2)3)31(27,5)18-17-28(25)32(23,29)6/h13,21-22,24-30,33,35H,9-12,14-20H2,1-8H3/t22-,24-,25+,26-,27+,28+,29?,30?,31-,32+/m1/s1. The molecular formula is C32H58N2O. The molecular weight excluding hydrogens is 428 g/mol. The molecule has 3 fully saturated rings. The third-order valence-corrected chi connectivity index (χ3v) is 11.8. The fraction of sp³-hybridized carbons (Fsp3) is 0.938. The summed E-state index contributed by atoms with van der Waals surface area (Å²) < 4.78 is 0. The van der Waals surface area contributed by atoms with Crippen molar-refractivity contribution >= 4 is 0 Å². The highest BCUT2D eigenvalue weighted by Crippen LogP contribution is 2.67. The van der Waals surface area contributed by atoms with Crippen LogP contribution in [-0.2, 0) is 0 Å². The fourth-order valence-corrected chi connectivity index (χ4v) is 9.87. The van der Waals surface area contributed by atoms with Gasteiger partial charge in [-0.05, 0) is 106 Å². The maximum atomic E-state index is 10.9. The maximum Gasteiger partial charge on any atom is 0.0592 e. The summed E-state index contributed by atoms with van der Waals surface area (Å²) in [5, 5.41) is 14.9. The predicted molar refractivity (Wildman–Crippen MR) is 149 cm³/mol. The highest BCUT2D eigenvalue weighted by atomic mass is 16.3. The molecule has 202 valence electrons. The minimum atomic E-state index is -0.195. The monoisotopic (exact) mass is 486 g/mol. The van der Waals surface area contributed by atoms with E-state index in [0.29, 0.717) is 17.6 Å². The van der Waals surface area contributed by atoms with Crippen molar-refractivity contribution in [2.24, 2.45) is 46.3 Å². The number of aliphatic hydroxyl groups is 1. The summed E-state index contributed by atoms with van der Waals surface area (Å²) in [7, 11) is 4.38. The number of hydrogen-bond donors (Lipinski definition) is 2. The first-order chi connectivity index (χ1) is 16.5. The molecule has 4 aliphatic carbocycles. The van der Waals surface area contributed by atoms with Crippen LogP contribution in [-0.4, -0.2) is 42.4 Å². The molecule has 0 heterocycles. The van der Waals surface area contributed by atoms with Gasteiger partial charge in [-0.3, -0.25) is 10.2 Å². The molecule has 0 radical (unpaired) electrons. The summed E-state index contributed by atoms with van der Waals surface area (Å²) in [6, 6.07) is 0.370. The number of rotatable bonds is 9. The Kier molecular flexibility index (Phi) is 8.51. The first-order valence-electron chi connectivity index (χ1n) is 15.3. The van der Waals surface area contributed by atoms with Gasteiger partial charge in [0, 0.05) is 11.5 Å². The van der Waals surface area contributed by atoms with Crippen molar-refractivity contribution in [1.29, 1.82) is 0 Å². The second-order valence-corrected chi connectivity index (χ2v) is 14.4. The minimum absolute atomic E-state index is 0.188. The molecule has 0 bridgehead atoms.